The van der Waals surface area contributed by atoms with Gasteiger partial charge in [-0.25, -0.2) is 10.8 Å². The van der Waals surface area contributed by atoms with E-state index in [1.807, 2.05) is 18.7 Å². The summed E-state index contributed by atoms with van der Waals surface area (Å²) in [7, 11) is 0. The Bertz CT molecular complexity index is 282. The highest BCUT2D eigenvalue weighted by molar-refractivity contribution is 5.79. The van der Waals surface area contributed by atoms with Crippen molar-refractivity contribution in [3.8, 4) is 0 Å². The van der Waals surface area contributed by atoms with Crippen LogP contribution in [0.4, 0.5) is 13.2 Å². The highest BCUT2D eigenvalue weighted by Crippen LogP contribution is 2.17. The third-order valence-electron chi connectivity index (χ3n) is 2.58. The van der Waals surface area contributed by atoms with Crippen LogP contribution in [0.15, 0.2) is 4.99 Å². The largest absolute Gasteiger partial charge is 0.401 e. The monoisotopic (exact) mass is 267 g/mol. The van der Waals surface area contributed by atoms with Crippen LogP contribution >= 0.6 is 0 Å². The van der Waals surface area contributed by atoms with Gasteiger partial charge >= 0.3 is 6.18 Å². The molecule has 0 atom stereocenters. The van der Waals surface area contributed by atoms with Crippen LogP contribution in [0.1, 0.15) is 13.8 Å². The average Bonchev–Trinajstić information content (AvgIpc) is 2.24. The molecule has 5 nitrogen and oxygen atoms in total. The lowest BCUT2D eigenvalue weighted by Crippen LogP contribution is -2.55. The minimum atomic E-state index is -4.14. The molecular weight excluding hydrogens is 247 g/mol. The molecule has 1 aliphatic heterocycles. The van der Waals surface area contributed by atoms with Crippen LogP contribution in [-0.4, -0.2) is 60.7 Å². The minimum Gasteiger partial charge on any atom is -0.339 e. The van der Waals surface area contributed by atoms with Gasteiger partial charge in [0, 0.05) is 32.2 Å². The Morgan fingerprint density at radius 1 is 1.28 bits per heavy atom. The van der Waals surface area contributed by atoms with E-state index in [1.165, 1.54) is 4.90 Å². The molecule has 8 heteroatoms. The smallest absolute Gasteiger partial charge is 0.339 e. The molecular formula is C10H20F3N5. The van der Waals surface area contributed by atoms with Gasteiger partial charge < -0.3 is 4.90 Å². The first kappa shape index (κ1) is 15.0. The molecule has 0 aromatic heterocycles. The van der Waals surface area contributed by atoms with E-state index in [2.05, 4.69) is 10.4 Å². The van der Waals surface area contributed by atoms with Crippen molar-refractivity contribution in [2.75, 3.05) is 32.7 Å². The van der Waals surface area contributed by atoms with Gasteiger partial charge in [-0.2, -0.15) is 13.2 Å². The number of piperazine rings is 1. The summed E-state index contributed by atoms with van der Waals surface area (Å²) in [4.78, 5) is 7.54. The van der Waals surface area contributed by atoms with E-state index >= 15 is 0 Å². The maximum absolute atomic E-state index is 12.2. The quantitative estimate of drug-likeness (QED) is 0.329. The van der Waals surface area contributed by atoms with Gasteiger partial charge in [0.05, 0.1) is 6.54 Å². The molecule has 0 saturated carbocycles. The Labute approximate surface area is 105 Å². The fourth-order valence-electron chi connectivity index (χ4n) is 1.83. The Kier molecular flexibility index (Phi) is 5.21. The molecule has 0 spiro atoms. The highest BCUT2D eigenvalue weighted by atomic mass is 19.4. The predicted octanol–water partition coefficient (Wildman–Crippen LogP) is 0.394. The molecule has 0 radical (unpaired) electrons. The van der Waals surface area contributed by atoms with Crippen LogP contribution in [-0.2, 0) is 0 Å². The maximum Gasteiger partial charge on any atom is 0.401 e. The predicted molar refractivity (Wildman–Crippen MR) is 64.0 cm³/mol. The molecule has 1 aliphatic rings. The van der Waals surface area contributed by atoms with Gasteiger partial charge in [0.1, 0.15) is 0 Å². The normalized spacial score (nSPS) is 19.5. The topological polar surface area (TPSA) is 56.9 Å². The molecule has 3 N–H and O–H groups in total. The maximum atomic E-state index is 12.2. The van der Waals surface area contributed by atoms with Crippen molar-refractivity contribution in [1.29, 1.82) is 0 Å². The minimum absolute atomic E-state index is 0.0873. The number of alkyl halides is 3. The number of halogens is 3. The summed E-state index contributed by atoms with van der Waals surface area (Å²) in [5.41, 5.74) is 2.50. The molecule has 0 aromatic carbocycles. The van der Waals surface area contributed by atoms with Crippen LogP contribution in [0.2, 0.25) is 0 Å². The first-order valence-electron chi connectivity index (χ1n) is 5.90. The molecule has 1 rings (SSSR count). The molecule has 0 bridgehead atoms. The van der Waals surface area contributed by atoms with Gasteiger partial charge in [0.2, 0.25) is 5.96 Å². The second-order valence-electron chi connectivity index (χ2n) is 4.57. The molecule has 0 unspecified atom stereocenters. The number of nitrogens with zero attached hydrogens (tertiary/aromatic N) is 3. The number of hydrazine groups is 1. The van der Waals surface area contributed by atoms with E-state index in [0.717, 1.165) is 0 Å². The first-order valence-corrected chi connectivity index (χ1v) is 5.90. The second kappa shape index (κ2) is 6.24. The Balaban J connectivity index is 2.48. The van der Waals surface area contributed by atoms with Crippen molar-refractivity contribution in [2.24, 2.45) is 10.8 Å². The Morgan fingerprint density at radius 2 is 1.83 bits per heavy atom. The number of guanidine groups is 1. The van der Waals surface area contributed by atoms with Crippen LogP contribution < -0.4 is 11.3 Å². The van der Waals surface area contributed by atoms with Crippen molar-refractivity contribution in [3.05, 3.63) is 0 Å². The second-order valence-corrected chi connectivity index (χ2v) is 4.57. The molecule has 1 saturated heterocycles. The highest BCUT2D eigenvalue weighted by Gasteiger charge is 2.32. The zero-order valence-corrected chi connectivity index (χ0v) is 10.7. The van der Waals surface area contributed by atoms with E-state index in [1.54, 1.807) is 0 Å². The average molecular weight is 267 g/mol. The summed E-state index contributed by atoms with van der Waals surface area (Å²) >= 11 is 0. The number of hydrogen-bond donors (Lipinski definition) is 2. The third kappa shape index (κ3) is 5.09. The summed E-state index contributed by atoms with van der Waals surface area (Å²) in [6.45, 7) is 4.68. The lowest BCUT2D eigenvalue weighted by molar-refractivity contribution is -0.148. The summed E-state index contributed by atoms with van der Waals surface area (Å²) in [5, 5.41) is 0. The molecule has 1 fully saturated rings. The SMILES string of the molecule is CC(C)N=C(NN)N1CCN(CC(F)(F)F)CC1. The van der Waals surface area contributed by atoms with Crippen molar-refractivity contribution >= 4 is 5.96 Å². The fourth-order valence-corrected chi connectivity index (χ4v) is 1.83. The summed E-state index contributed by atoms with van der Waals surface area (Å²) in [6, 6.07) is 0.0873. The van der Waals surface area contributed by atoms with Gasteiger partial charge in [-0.15, -0.1) is 0 Å². The van der Waals surface area contributed by atoms with E-state index in [-0.39, 0.29) is 6.04 Å². The number of nitrogens with one attached hydrogen (secondary N) is 1. The van der Waals surface area contributed by atoms with E-state index in [4.69, 9.17) is 5.84 Å². The zero-order valence-electron chi connectivity index (χ0n) is 10.7. The molecule has 0 aliphatic carbocycles. The van der Waals surface area contributed by atoms with Gasteiger partial charge in [-0.05, 0) is 13.8 Å². The molecule has 106 valence electrons. The summed E-state index contributed by atoms with van der Waals surface area (Å²) in [6.07, 6.45) is -4.14. The number of hydrogen-bond acceptors (Lipinski definition) is 3. The van der Waals surface area contributed by atoms with Gasteiger partial charge in [-0.1, -0.05) is 0 Å². The molecule has 0 aromatic rings. The number of aliphatic imine (C=N–C) groups is 1. The third-order valence-corrected chi connectivity index (χ3v) is 2.58. The van der Waals surface area contributed by atoms with Crippen molar-refractivity contribution < 1.29 is 13.2 Å². The van der Waals surface area contributed by atoms with Crippen LogP contribution in [0, 0.1) is 0 Å². The van der Waals surface area contributed by atoms with E-state index in [0.29, 0.717) is 32.1 Å². The van der Waals surface area contributed by atoms with Crippen LogP contribution in [0.3, 0.4) is 0 Å². The number of rotatable bonds is 2. The van der Waals surface area contributed by atoms with Crippen LogP contribution in [0.25, 0.3) is 0 Å². The molecule has 18 heavy (non-hydrogen) atoms. The number of nitrogens with two attached hydrogens (primary N) is 1. The van der Waals surface area contributed by atoms with Gasteiger partial charge in [0.25, 0.3) is 0 Å². The lowest BCUT2D eigenvalue weighted by Gasteiger charge is -2.36. The molecule has 1 heterocycles. The van der Waals surface area contributed by atoms with Gasteiger partial charge in [0.15, 0.2) is 0 Å². The Morgan fingerprint density at radius 3 is 2.22 bits per heavy atom. The van der Waals surface area contributed by atoms with E-state index in [9.17, 15) is 13.2 Å². The summed E-state index contributed by atoms with van der Waals surface area (Å²) in [5.74, 6) is 5.91. The van der Waals surface area contributed by atoms with Crippen molar-refractivity contribution in [3.63, 3.8) is 0 Å². The fraction of sp³-hybridized carbons (Fsp3) is 0.900. The van der Waals surface area contributed by atoms with E-state index < -0.39 is 12.7 Å². The van der Waals surface area contributed by atoms with Crippen molar-refractivity contribution in [1.82, 2.24) is 15.2 Å². The summed E-state index contributed by atoms with van der Waals surface area (Å²) < 4.78 is 36.7. The lowest BCUT2D eigenvalue weighted by atomic mass is 10.3. The van der Waals surface area contributed by atoms with Crippen LogP contribution in [0.5, 0.6) is 0 Å². The van der Waals surface area contributed by atoms with Gasteiger partial charge in [-0.3, -0.25) is 10.3 Å². The van der Waals surface area contributed by atoms with Crippen molar-refractivity contribution in [2.45, 2.75) is 26.1 Å². The molecule has 0 amide bonds. The Hall–Kier alpha value is -1.02. The zero-order chi connectivity index (χ0) is 13.8. The standard InChI is InChI=1S/C10H20F3N5/c1-8(2)15-9(16-14)18-5-3-17(4-6-18)7-10(11,12)13/h8H,3-7,14H2,1-2H3,(H,15,16). The first-order chi connectivity index (χ1) is 8.31.